The molecular weight excluding hydrogens is 336 g/mol. The molecule has 1 unspecified atom stereocenters. The number of benzene rings is 2. The summed E-state index contributed by atoms with van der Waals surface area (Å²) in [6.45, 7) is 4.88. The van der Waals surface area contributed by atoms with Crippen molar-refractivity contribution in [1.29, 1.82) is 0 Å². The number of nitrogens with one attached hydrogen (secondary N) is 1. The summed E-state index contributed by atoms with van der Waals surface area (Å²) in [4.78, 5) is 0. The highest BCUT2D eigenvalue weighted by Crippen LogP contribution is 2.27. The van der Waals surface area contributed by atoms with Gasteiger partial charge >= 0.3 is 0 Å². The van der Waals surface area contributed by atoms with Gasteiger partial charge in [-0.15, -0.1) is 0 Å². The fourth-order valence-electron chi connectivity index (χ4n) is 2.34. The standard InChI is InChI=1S/C17H18BrF2N/c1-3-6-21-17(12-4-5-15(19)16(20)10-12)13-7-11(2)8-14(18)9-13/h4-5,7-10,17,21H,3,6H2,1-2H3. The third kappa shape index (κ3) is 4.11. The molecule has 1 atom stereocenters. The van der Waals surface area contributed by atoms with Crippen molar-refractivity contribution < 1.29 is 8.78 Å². The Morgan fingerprint density at radius 2 is 1.81 bits per heavy atom. The van der Waals surface area contributed by atoms with E-state index in [0.717, 1.165) is 34.1 Å². The monoisotopic (exact) mass is 353 g/mol. The molecule has 0 saturated heterocycles. The van der Waals surface area contributed by atoms with Gasteiger partial charge in [-0.2, -0.15) is 0 Å². The number of hydrogen-bond acceptors (Lipinski definition) is 1. The first kappa shape index (κ1) is 16.1. The molecule has 2 aromatic rings. The van der Waals surface area contributed by atoms with Gasteiger partial charge in [-0.05, 0) is 60.8 Å². The molecule has 0 amide bonds. The Morgan fingerprint density at radius 3 is 2.43 bits per heavy atom. The van der Waals surface area contributed by atoms with E-state index in [9.17, 15) is 8.78 Å². The van der Waals surface area contributed by atoms with Crippen LogP contribution in [0.15, 0.2) is 40.9 Å². The highest BCUT2D eigenvalue weighted by atomic mass is 79.9. The molecule has 0 radical (unpaired) electrons. The molecule has 1 N–H and O–H groups in total. The SMILES string of the molecule is CCCNC(c1cc(C)cc(Br)c1)c1ccc(F)c(F)c1. The van der Waals surface area contributed by atoms with E-state index in [1.165, 1.54) is 12.1 Å². The normalized spacial score (nSPS) is 12.4. The third-order valence-electron chi connectivity index (χ3n) is 3.27. The Morgan fingerprint density at radius 1 is 1.05 bits per heavy atom. The number of halogens is 3. The van der Waals surface area contributed by atoms with Gasteiger partial charge < -0.3 is 5.32 Å². The van der Waals surface area contributed by atoms with Crippen molar-refractivity contribution in [2.24, 2.45) is 0 Å². The number of aryl methyl sites for hydroxylation is 1. The summed E-state index contributed by atoms with van der Waals surface area (Å²) >= 11 is 3.49. The fourth-order valence-corrected chi connectivity index (χ4v) is 2.97. The van der Waals surface area contributed by atoms with Gasteiger partial charge in [0, 0.05) is 4.47 Å². The van der Waals surface area contributed by atoms with E-state index in [-0.39, 0.29) is 6.04 Å². The molecule has 0 aliphatic rings. The van der Waals surface area contributed by atoms with Gasteiger partial charge in [0.15, 0.2) is 11.6 Å². The minimum absolute atomic E-state index is 0.156. The Balaban J connectivity index is 2.43. The lowest BCUT2D eigenvalue weighted by Crippen LogP contribution is -2.23. The lowest BCUT2D eigenvalue weighted by atomic mass is 9.97. The van der Waals surface area contributed by atoms with Crippen LogP contribution in [0.2, 0.25) is 0 Å². The Hall–Kier alpha value is -1.26. The molecular formula is C17H18BrF2N. The minimum atomic E-state index is -0.821. The van der Waals surface area contributed by atoms with Crippen LogP contribution in [-0.4, -0.2) is 6.54 Å². The van der Waals surface area contributed by atoms with Crippen LogP contribution in [0.3, 0.4) is 0 Å². The van der Waals surface area contributed by atoms with Crippen molar-refractivity contribution in [1.82, 2.24) is 5.32 Å². The maximum absolute atomic E-state index is 13.5. The summed E-state index contributed by atoms with van der Waals surface area (Å²) in [7, 11) is 0. The van der Waals surface area contributed by atoms with Crippen LogP contribution < -0.4 is 5.32 Å². The van der Waals surface area contributed by atoms with Crippen molar-refractivity contribution in [2.45, 2.75) is 26.3 Å². The first-order valence-corrected chi connectivity index (χ1v) is 7.76. The van der Waals surface area contributed by atoms with Crippen molar-refractivity contribution >= 4 is 15.9 Å². The summed E-state index contributed by atoms with van der Waals surface area (Å²) < 4.78 is 27.6. The van der Waals surface area contributed by atoms with Crippen LogP contribution in [0.5, 0.6) is 0 Å². The van der Waals surface area contributed by atoms with Crippen LogP contribution in [0.25, 0.3) is 0 Å². The fraction of sp³-hybridized carbons (Fsp3) is 0.294. The second-order valence-electron chi connectivity index (χ2n) is 5.12. The predicted molar refractivity (Wildman–Crippen MR) is 85.4 cm³/mol. The Kier molecular flexibility index (Phi) is 5.48. The zero-order valence-corrected chi connectivity index (χ0v) is 13.7. The molecule has 0 aromatic heterocycles. The Bertz CT molecular complexity index is 608. The summed E-state index contributed by atoms with van der Waals surface area (Å²) in [6.07, 6.45) is 0.965. The van der Waals surface area contributed by atoms with Crippen LogP contribution in [0.4, 0.5) is 8.78 Å². The van der Waals surface area contributed by atoms with Crippen LogP contribution >= 0.6 is 15.9 Å². The van der Waals surface area contributed by atoms with Gasteiger partial charge in [0.25, 0.3) is 0 Å². The van der Waals surface area contributed by atoms with Gasteiger partial charge in [0.1, 0.15) is 0 Å². The van der Waals surface area contributed by atoms with Gasteiger partial charge in [-0.3, -0.25) is 0 Å². The van der Waals surface area contributed by atoms with Gasteiger partial charge in [0.2, 0.25) is 0 Å². The average Bonchev–Trinajstić information content (AvgIpc) is 2.42. The molecule has 0 fully saturated rings. The van der Waals surface area contributed by atoms with Crippen LogP contribution in [0.1, 0.15) is 36.1 Å². The molecule has 2 aromatic carbocycles. The van der Waals surface area contributed by atoms with E-state index in [2.05, 4.69) is 34.2 Å². The number of rotatable bonds is 5. The maximum Gasteiger partial charge on any atom is 0.159 e. The topological polar surface area (TPSA) is 12.0 Å². The second kappa shape index (κ2) is 7.14. The van der Waals surface area contributed by atoms with Gasteiger partial charge in [0.05, 0.1) is 6.04 Å². The van der Waals surface area contributed by atoms with E-state index >= 15 is 0 Å². The van der Waals surface area contributed by atoms with E-state index in [0.29, 0.717) is 0 Å². The maximum atomic E-state index is 13.5. The molecule has 1 nitrogen and oxygen atoms in total. The Labute approximate surface area is 132 Å². The predicted octanol–water partition coefficient (Wildman–Crippen LogP) is 5.12. The molecule has 112 valence electrons. The molecule has 21 heavy (non-hydrogen) atoms. The van der Waals surface area contributed by atoms with E-state index in [1.807, 2.05) is 19.1 Å². The third-order valence-corrected chi connectivity index (χ3v) is 3.73. The molecule has 2 rings (SSSR count). The summed E-state index contributed by atoms with van der Waals surface area (Å²) in [6, 6.07) is 9.99. The molecule has 0 aliphatic carbocycles. The summed E-state index contributed by atoms with van der Waals surface area (Å²) in [5, 5.41) is 3.39. The lowest BCUT2D eigenvalue weighted by Gasteiger charge is -2.20. The second-order valence-corrected chi connectivity index (χ2v) is 6.04. The smallest absolute Gasteiger partial charge is 0.159 e. The van der Waals surface area contributed by atoms with Gasteiger partial charge in [-0.1, -0.05) is 35.0 Å². The highest BCUT2D eigenvalue weighted by Gasteiger charge is 2.16. The first-order chi connectivity index (χ1) is 10.0. The molecule has 0 bridgehead atoms. The van der Waals surface area contributed by atoms with Crippen molar-refractivity contribution in [3.8, 4) is 0 Å². The molecule has 0 heterocycles. The number of hydrogen-bond donors (Lipinski definition) is 1. The van der Waals surface area contributed by atoms with Crippen LogP contribution in [-0.2, 0) is 0 Å². The summed E-state index contributed by atoms with van der Waals surface area (Å²) in [5.41, 5.74) is 2.87. The molecule has 0 aliphatic heterocycles. The highest BCUT2D eigenvalue weighted by molar-refractivity contribution is 9.10. The van der Waals surface area contributed by atoms with Crippen molar-refractivity contribution in [2.75, 3.05) is 6.54 Å². The zero-order valence-electron chi connectivity index (χ0n) is 12.1. The lowest BCUT2D eigenvalue weighted by molar-refractivity contribution is 0.503. The molecule has 0 spiro atoms. The van der Waals surface area contributed by atoms with Gasteiger partial charge in [-0.25, -0.2) is 8.78 Å². The summed E-state index contributed by atoms with van der Waals surface area (Å²) in [5.74, 6) is -1.64. The zero-order chi connectivity index (χ0) is 15.4. The molecule has 4 heteroatoms. The average molecular weight is 354 g/mol. The largest absolute Gasteiger partial charge is 0.306 e. The van der Waals surface area contributed by atoms with Crippen LogP contribution in [0, 0.1) is 18.6 Å². The van der Waals surface area contributed by atoms with E-state index in [4.69, 9.17) is 0 Å². The van der Waals surface area contributed by atoms with Crippen molar-refractivity contribution in [3.05, 3.63) is 69.2 Å². The molecule has 0 saturated carbocycles. The quantitative estimate of drug-likeness (QED) is 0.785. The first-order valence-electron chi connectivity index (χ1n) is 6.96. The minimum Gasteiger partial charge on any atom is -0.306 e. The van der Waals surface area contributed by atoms with Crippen molar-refractivity contribution in [3.63, 3.8) is 0 Å². The van der Waals surface area contributed by atoms with E-state index in [1.54, 1.807) is 6.07 Å². The van der Waals surface area contributed by atoms with E-state index < -0.39 is 11.6 Å².